The van der Waals surface area contributed by atoms with Crippen molar-refractivity contribution >= 4 is 22.6 Å². The Hall–Kier alpha value is -0.986. The largest absolute Gasteiger partial charge is 0.520 e. The molecule has 0 saturated heterocycles. The van der Waals surface area contributed by atoms with Gasteiger partial charge in [-0.1, -0.05) is 6.07 Å². The van der Waals surface area contributed by atoms with E-state index in [0.717, 1.165) is 5.56 Å². The molecule has 0 fully saturated rings. The second-order valence-electron chi connectivity index (χ2n) is 7.13. The first kappa shape index (κ1) is 18.1. The number of rotatable bonds is 7. The average molecular weight is 326 g/mol. The highest BCUT2D eigenvalue weighted by atomic mass is 28.4. The fourth-order valence-corrected chi connectivity index (χ4v) is 3.82. The van der Waals surface area contributed by atoms with Gasteiger partial charge >= 0.3 is 0 Å². The van der Waals surface area contributed by atoms with Crippen molar-refractivity contribution in [3.63, 3.8) is 0 Å². The maximum atomic E-state index is 11.9. The van der Waals surface area contributed by atoms with Gasteiger partial charge in [0.1, 0.15) is 0 Å². The van der Waals surface area contributed by atoms with Crippen LogP contribution < -0.4 is 0 Å². The van der Waals surface area contributed by atoms with Crippen LogP contribution in [-0.2, 0) is 13.6 Å². The number of pyridine rings is 1. The summed E-state index contributed by atoms with van der Waals surface area (Å²) in [6.07, 6.45) is 4.50. The van der Waals surface area contributed by atoms with Gasteiger partial charge in [-0.05, 0) is 57.3 Å². The third-order valence-corrected chi connectivity index (χ3v) is 4.41. The van der Waals surface area contributed by atoms with Crippen LogP contribution >= 0.6 is 0 Å². The molecule has 21 heavy (non-hydrogen) atoms. The summed E-state index contributed by atoms with van der Waals surface area (Å²) in [5.41, 5.74) is 1.03. The minimum absolute atomic E-state index is 0.0837. The molecule has 0 aromatic carbocycles. The monoisotopic (exact) mass is 325 g/mol. The van der Waals surface area contributed by atoms with E-state index in [1.165, 1.54) is 0 Å². The maximum Gasteiger partial charge on any atom is 0.292 e. The molecule has 1 atom stereocenters. The van der Waals surface area contributed by atoms with Crippen molar-refractivity contribution in [2.75, 3.05) is 0 Å². The van der Waals surface area contributed by atoms with Gasteiger partial charge in [0.2, 0.25) is 8.32 Å². The summed E-state index contributed by atoms with van der Waals surface area (Å²) < 4.78 is 11.7. The lowest BCUT2D eigenvalue weighted by Crippen LogP contribution is -2.30. The first-order valence-corrected chi connectivity index (χ1v) is 14.2. The Kier molecular flexibility index (Phi) is 6.30. The second kappa shape index (κ2) is 7.33. The summed E-state index contributed by atoms with van der Waals surface area (Å²) in [5.74, 6) is -0.123. The summed E-state index contributed by atoms with van der Waals surface area (Å²) in [7, 11) is -3.51. The van der Waals surface area contributed by atoms with Crippen molar-refractivity contribution in [3.05, 3.63) is 30.1 Å². The predicted octanol–water partition coefficient (Wildman–Crippen LogP) is 4.13. The minimum Gasteiger partial charge on any atom is -0.520 e. The molecule has 4 nitrogen and oxygen atoms in total. The second-order valence-corrected chi connectivity index (χ2v) is 16.0. The summed E-state index contributed by atoms with van der Waals surface area (Å²) in [6.45, 7) is 12.5. The number of carbonyl (C=O) groups is 1. The highest BCUT2D eigenvalue weighted by Gasteiger charge is 2.25. The third-order valence-electron chi connectivity index (χ3n) is 2.58. The standard InChI is InChI=1S/C15H27NO3Si2/c1-20(2,3)18-14(13-8-7-11-16-12-13)9-10-15(17)19-21(4,5)6/h7-8,11-12,14H,9-10H2,1-6H3. The summed E-state index contributed by atoms with van der Waals surface area (Å²) in [6, 6.07) is 3.90. The van der Waals surface area contributed by atoms with E-state index in [0.29, 0.717) is 12.8 Å². The normalized spacial score (nSPS) is 13.8. The number of aromatic nitrogens is 1. The highest BCUT2D eigenvalue weighted by molar-refractivity contribution is 6.71. The van der Waals surface area contributed by atoms with E-state index in [1.807, 2.05) is 38.0 Å². The summed E-state index contributed by atoms with van der Waals surface area (Å²) >= 11 is 0. The van der Waals surface area contributed by atoms with Crippen LogP contribution in [0, 0.1) is 0 Å². The molecule has 6 heteroatoms. The smallest absolute Gasteiger partial charge is 0.292 e. The minimum atomic E-state index is -1.81. The van der Waals surface area contributed by atoms with Crippen molar-refractivity contribution in [1.82, 2.24) is 4.98 Å². The van der Waals surface area contributed by atoms with Crippen LogP contribution in [0.2, 0.25) is 39.3 Å². The fraction of sp³-hybridized carbons (Fsp3) is 0.600. The van der Waals surface area contributed by atoms with Crippen molar-refractivity contribution in [2.24, 2.45) is 0 Å². The van der Waals surface area contributed by atoms with Crippen LogP contribution in [-0.4, -0.2) is 27.6 Å². The first-order chi connectivity index (χ1) is 9.57. The van der Waals surface area contributed by atoms with Gasteiger partial charge in [-0.2, -0.15) is 0 Å². The molecule has 1 aromatic heterocycles. The third kappa shape index (κ3) is 8.13. The lowest BCUT2D eigenvalue weighted by atomic mass is 10.1. The van der Waals surface area contributed by atoms with Crippen LogP contribution in [0.25, 0.3) is 0 Å². The van der Waals surface area contributed by atoms with Gasteiger partial charge in [-0.3, -0.25) is 9.78 Å². The van der Waals surface area contributed by atoms with Gasteiger partial charge in [0, 0.05) is 18.8 Å². The molecule has 1 rings (SSSR count). The lowest BCUT2D eigenvalue weighted by molar-refractivity contribution is -0.135. The maximum absolute atomic E-state index is 11.9. The Morgan fingerprint density at radius 1 is 1.19 bits per heavy atom. The zero-order valence-electron chi connectivity index (χ0n) is 14.0. The van der Waals surface area contributed by atoms with Gasteiger partial charge in [0.05, 0.1) is 6.10 Å². The molecule has 1 aromatic rings. The zero-order valence-corrected chi connectivity index (χ0v) is 16.0. The molecule has 1 unspecified atom stereocenters. The molecule has 0 N–H and O–H groups in total. The Labute approximate surface area is 130 Å². The average Bonchev–Trinajstić information content (AvgIpc) is 2.32. The van der Waals surface area contributed by atoms with Crippen LogP contribution in [0.15, 0.2) is 24.5 Å². The molecule has 118 valence electrons. The molecule has 0 amide bonds. The molecular formula is C15H27NO3Si2. The quantitative estimate of drug-likeness (QED) is 0.707. The van der Waals surface area contributed by atoms with Crippen molar-refractivity contribution in [3.8, 4) is 0 Å². The van der Waals surface area contributed by atoms with Crippen LogP contribution in [0.1, 0.15) is 24.5 Å². The predicted molar refractivity (Wildman–Crippen MR) is 90.1 cm³/mol. The Morgan fingerprint density at radius 3 is 2.33 bits per heavy atom. The van der Waals surface area contributed by atoms with Crippen molar-refractivity contribution < 1.29 is 13.6 Å². The van der Waals surface area contributed by atoms with Gasteiger partial charge in [0.15, 0.2) is 8.32 Å². The molecule has 1 heterocycles. The number of hydrogen-bond donors (Lipinski definition) is 0. The Bertz CT molecular complexity index is 452. The lowest BCUT2D eigenvalue weighted by Gasteiger charge is -2.27. The molecule has 0 radical (unpaired) electrons. The molecule has 0 spiro atoms. The fourth-order valence-electron chi connectivity index (χ4n) is 1.93. The zero-order chi connectivity index (χ0) is 16.1. The van der Waals surface area contributed by atoms with E-state index in [2.05, 4.69) is 24.6 Å². The van der Waals surface area contributed by atoms with E-state index in [4.69, 9.17) is 8.85 Å². The van der Waals surface area contributed by atoms with Crippen molar-refractivity contribution in [1.29, 1.82) is 0 Å². The molecular weight excluding hydrogens is 298 g/mol. The van der Waals surface area contributed by atoms with Crippen molar-refractivity contribution in [2.45, 2.75) is 58.2 Å². The highest BCUT2D eigenvalue weighted by Crippen LogP contribution is 2.26. The topological polar surface area (TPSA) is 48.4 Å². The first-order valence-electron chi connectivity index (χ1n) is 7.36. The van der Waals surface area contributed by atoms with Gasteiger partial charge in [0.25, 0.3) is 5.97 Å². The van der Waals surface area contributed by atoms with Crippen LogP contribution in [0.4, 0.5) is 0 Å². The molecule has 0 bridgehead atoms. The Morgan fingerprint density at radius 2 is 1.86 bits per heavy atom. The van der Waals surface area contributed by atoms with E-state index < -0.39 is 16.6 Å². The summed E-state index contributed by atoms with van der Waals surface area (Å²) in [4.78, 5) is 16.1. The molecule has 0 aliphatic carbocycles. The van der Waals surface area contributed by atoms with Crippen LogP contribution in [0.5, 0.6) is 0 Å². The van der Waals surface area contributed by atoms with Gasteiger partial charge in [-0.25, -0.2) is 0 Å². The number of hydrogen-bond acceptors (Lipinski definition) is 4. The number of nitrogens with zero attached hydrogens (tertiary/aromatic N) is 1. The number of carbonyl (C=O) groups excluding carboxylic acids is 1. The van der Waals surface area contributed by atoms with E-state index in [-0.39, 0.29) is 12.1 Å². The Balaban J connectivity index is 2.69. The molecule has 0 saturated carbocycles. The van der Waals surface area contributed by atoms with Crippen LogP contribution in [0.3, 0.4) is 0 Å². The van der Waals surface area contributed by atoms with E-state index in [9.17, 15) is 4.79 Å². The van der Waals surface area contributed by atoms with Gasteiger partial charge in [-0.15, -0.1) is 0 Å². The molecule has 0 aliphatic rings. The van der Waals surface area contributed by atoms with Gasteiger partial charge < -0.3 is 8.85 Å². The van der Waals surface area contributed by atoms with E-state index >= 15 is 0 Å². The SMILES string of the molecule is C[Si](C)(C)OC(=O)CCC(O[Si](C)(C)C)c1cccnc1. The molecule has 0 aliphatic heterocycles. The van der Waals surface area contributed by atoms with E-state index in [1.54, 1.807) is 6.20 Å². The summed E-state index contributed by atoms with van der Waals surface area (Å²) in [5, 5.41) is 0.